The number of ether oxygens (including phenoxy) is 3. The Morgan fingerprint density at radius 1 is 1.27 bits per heavy atom. The lowest BCUT2D eigenvalue weighted by molar-refractivity contribution is -0.141. The fourth-order valence-corrected chi connectivity index (χ4v) is 3.27. The fraction of sp³-hybridized carbons (Fsp3) is 0.588. The van der Waals surface area contributed by atoms with Crippen LogP contribution < -0.4 is 4.74 Å². The van der Waals surface area contributed by atoms with Gasteiger partial charge in [-0.05, 0) is 13.3 Å². The molecule has 8 nitrogen and oxygen atoms in total. The van der Waals surface area contributed by atoms with E-state index in [2.05, 4.69) is 9.98 Å². The van der Waals surface area contributed by atoms with Gasteiger partial charge in [-0.2, -0.15) is 0 Å². The van der Waals surface area contributed by atoms with Crippen LogP contribution in [0.1, 0.15) is 26.0 Å². The molecule has 144 valence electrons. The lowest BCUT2D eigenvalue weighted by Crippen LogP contribution is -2.33. The van der Waals surface area contributed by atoms with Crippen LogP contribution >= 0.6 is 11.8 Å². The van der Waals surface area contributed by atoms with E-state index in [0.717, 1.165) is 13.0 Å². The summed E-state index contributed by atoms with van der Waals surface area (Å²) >= 11 is 1.25. The van der Waals surface area contributed by atoms with Crippen LogP contribution in [0.4, 0.5) is 0 Å². The van der Waals surface area contributed by atoms with Crippen molar-refractivity contribution < 1.29 is 29.2 Å². The van der Waals surface area contributed by atoms with E-state index in [1.54, 1.807) is 6.07 Å². The third kappa shape index (κ3) is 5.33. The Balaban J connectivity index is 1.89. The van der Waals surface area contributed by atoms with Crippen LogP contribution in [0.15, 0.2) is 17.3 Å². The number of carboxylic acids is 1. The third-order valence-corrected chi connectivity index (χ3v) is 4.86. The van der Waals surface area contributed by atoms with Gasteiger partial charge in [-0.3, -0.25) is 4.99 Å². The summed E-state index contributed by atoms with van der Waals surface area (Å²) in [6.45, 7) is 5.94. The Hall–Kier alpha value is -1.84. The number of hydrogen-bond acceptors (Lipinski definition) is 8. The van der Waals surface area contributed by atoms with E-state index < -0.39 is 11.5 Å². The number of hydrogen-bond donors (Lipinski definition) is 2. The van der Waals surface area contributed by atoms with E-state index in [1.165, 1.54) is 24.9 Å². The predicted molar refractivity (Wildman–Crippen MR) is 98.4 cm³/mol. The number of aliphatic imine (C=N–C) groups is 1. The Morgan fingerprint density at radius 3 is 2.62 bits per heavy atom. The monoisotopic (exact) mass is 384 g/mol. The zero-order valence-electron chi connectivity index (χ0n) is 14.9. The molecule has 1 aliphatic heterocycles. The molecule has 0 aliphatic carbocycles. The molecule has 0 spiro atoms. The number of aromatic hydroxyl groups is 1. The Labute approximate surface area is 156 Å². The van der Waals surface area contributed by atoms with Gasteiger partial charge in [0.05, 0.1) is 19.8 Å². The maximum atomic E-state index is 11.3. The second-order valence-electron chi connectivity index (χ2n) is 5.86. The molecule has 1 aromatic heterocycles. The molecule has 0 aromatic carbocycles. The minimum atomic E-state index is -1.21. The van der Waals surface area contributed by atoms with E-state index in [1.807, 2.05) is 6.92 Å². The summed E-state index contributed by atoms with van der Waals surface area (Å²) in [4.78, 5) is 19.6. The van der Waals surface area contributed by atoms with Crippen LogP contribution in [0.3, 0.4) is 0 Å². The predicted octanol–water partition coefficient (Wildman–Crippen LogP) is 1.95. The van der Waals surface area contributed by atoms with Gasteiger partial charge in [0.15, 0.2) is 17.0 Å². The van der Waals surface area contributed by atoms with Gasteiger partial charge in [0.2, 0.25) is 0 Å². The van der Waals surface area contributed by atoms with Gasteiger partial charge in [-0.25, -0.2) is 9.78 Å². The third-order valence-electron chi connectivity index (χ3n) is 3.59. The molecule has 0 saturated carbocycles. The van der Waals surface area contributed by atoms with Crippen molar-refractivity contribution in [2.75, 3.05) is 38.8 Å². The van der Waals surface area contributed by atoms with E-state index in [4.69, 9.17) is 14.2 Å². The summed E-state index contributed by atoms with van der Waals surface area (Å²) in [5.74, 6) is -0.614. The average Bonchev–Trinajstić information content (AvgIpc) is 3.02. The first-order chi connectivity index (χ1) is 12.5. The Kier molecular flexibility index (Phi) is 7.67. The van der Waals surface area contributed by atoms with Gasteiger partial charge >= 0.3 is 5.97 Å². The van der Waals surface area contributed by atoms with Crippen molar-refractivity contribution in [2.24, 2.45) is 4.99 Å². The largest absolute Gasteiger partial charge is 0.503 e. The first-order valence-electron chi connectivity index (χ1n) is 8.40. The van der Waals surface area contributed by atoms with Crippen molar-refractivity contribution in [3.05, 3.63) is 18.0 Å². The zero-order valence-corrected chi connectivity index (χ0v) is 15.8. The molecule has 2 rings (SSSR count). The number of pyridine rings is 1. The van der Waals surface area contributed by atoms with Gasteiger partial charge in [0.25, 0.3) is 0 Å². The van der Waals surface area contributed by atoms with Gasteiger partial charge < -0.3 is 24.4 Å². The number of rotatable bonds is 11. The van der Waals surface area contributed by atoms with Crippen LogP contribution in [0.25, 0.3) is 0 Å². The van der Waals surface area contributed by atoms with Crippen LogP contribution in [-0.4, -0.2) is 70.5 Å². The SMILES string of the molecule is CCCOCCOCCOc1ccnc(C2=N[C@@](C)(C(=O)O)CS2)c1O. The Bertz CT molecular complexity index is 654. The summed E-state index contributed by atoms with van der Waals surface area (Å²) in [7, 11) is 0. The highest BCUT2D eigenvalue weighted by molar-refractivity contribution is 8.14. The lowest BCUT2D eigenvalue weighted by atomic mass is 10.1. The highest BCUT2D eigenvalue weighted by Gasteiger charge is 2.39. The fourth-order valence-electron chi connectivity index (χ4n) is 2.11. The van der Waals surface area contributed by atoms with Crippen molar-refractivity contribution in [3.8, 4) is 11.5 Å². The molecule has 2 N–H and O–H groups in total. The maximum Gasteiger partial charge on any atom is 0.332 e. The van der Waals surface area contributed by atoms with Crippen molar-refractivity contribution in [2.45, 2.75) is 25.8 Å². The molecule has 2 heterocycles. The molecule has 9 heteroatoms. The van der Waals surface area contributed by atoms with Crippen LogP contribution in [0.5, 0.6) is 11.5 Å². The maximum absolute atomic E-state index is 11.3. The number of thioether (sulfide) groups is 1. The second kappa shape index (κ2) is 9.75. The van der Waals surface area contributed by atoms with Gasteiger partial charge in [-0.1, -0.05) is 6.92 Å². The quantitative estimate of drug-likeness (QED) is 0.557. The summed E-state index contributed by atoms with van der Waals surface area (Å²) in [5, 5.41) is 20.0. The lowest BCUT2D eigenvalue weighted by Gasteiger charge is -2.12. The van der Waals surface area contributed by atoms with Crippen molar-refractivity contribution in [1.29, 1.82) is 0 Å². The molecule has 1 aliphatic rings. The van der Waals surface area contributed by atoms with E-state index in [0.29, 0.717) is 24.9 Å². The van der Waals surface area contributed by atoms with E-state index in [9.17, 15) is 15.0 Å². The number of carboxylic acid groups (broad SMARTS) is 1. The first-order valence-corrected chi connectivity index (χ1v) is 9.39. The normalized spacial score (nSPS) is 19.4. The smallest absolute Gasteiger partial charge is 0.332 e. The second-order valence-corrected chi connectivity index (χ2v) is 6.83. The topological polar surface area (TPSA) is 110 Å². The number of aromatic nitrogens is 1. The molecule has 1 aromatic rings. The minimum Gasteiger partial charge on any atom is -0.503 e. The van der Waals surface area contributed by atoms with Crippen LogP contribution in [-0.2, 0) is 14.3 Å². The highest BCUT2D eigenvalue weighted by atomic mass is 32.2. The standard InChI is InChI=1S/C17H24N2O6S/c1-3-6-23-7-8-24-9-10-25-12-4-5-18-13(14(12)20)15-19-17(2,11-26-15)16(21)22/h4-5,20H,3,6-11H2,1-2H3,(H,21,22)/t17-/m1/s1. The van der Waals surface area contributed by atoms with Gasteiger partial charge in [0, 0.05) is 24.6 Å². The van der Waals surface area contributed by atoms with E-state index >= 15 is 0 Å². The van der Waals surface area contributed by atoms with Crippen molar-refractivity contribution in [3.63, 3.8) is 0 Å². The van der Waals surface area contributed by atoms with Gasteiger partial charge in [-0.15, -0.1) is 11.8 Å². The average molecular weight is 384 g/mol. The van der Waals surface area contributed by atoms with Crippen LogP contribution in [0.2, 0.25) is 0 Å². The summed E-state index contributed by atoms with van der Waals surface area (Å²) < 4.78 is 16.2. The summed E-state index contributed by atoms with van der Waals surface area (Å²) in [5.41, 5.74) is -0.982. The molecular formula is C17H24N2O6S. The molecule has 1 atom stereocenters. The summed E-state index contributed by atoms with van der Waals surface area (Å²) in [6.07, 6.45) is 2.46. The van der Waals surface area contributed by atoms with Crippen molar-refractivity contribution in [1.82, 2.24) is 4.98 Å². The highest BCUT2D eigenvalue weighted by Crippen LogP contribution is 2.36. The number of nitrogens with zero attached hydrogens (tertiary/aromatic N) is 2. The molecule has 0 fully saturated rings. The van der Waals surface area contributed by atoms with E-state index in [-0.39, 0.29) is 29.6 Å². The van der Waals surface area contributed by atoms with Crippen molar-refractivity contribution >= 4 is 22.8 Å². The van der Waals surface area contributed by atoms with Crippen LogP contribution in [0, 0.1) is 0 Å². The number of aliphatic carboxylic acids is 1. The molecule has 0 radical (unpaired) electrons. The first kappa shape index (κ1) is 20.5. The number of carbonyl (C=O) groups is 1. The minimum absolute atomic E-state index is 0.153. The molecule has 0 unspecified atom stereocenters. The Morgan fingerprint density at radius 2 is 1.96 bits per heavy atom. The van der Waals surface area contributed by atoms with Gasteiger partial charge in [0.1, 0.15) is 17.3 Å². The zero-order chi connectivity index (χ0) is 19.0. The summed E-state index contributed by atoms with van der Waals surface area (Å²) in [6, 6.07) is 1.54. The molecule has 0 bridgehead atoms. The molecule has 0 amide bonds. The molecule has 0 saturated heterocycles. The molecule has 26 heavy (non-hydrogen) atoms. The molecular weight excluding hydrogens is 360 g/mol.